The summed E-state index contributed by atoms with van der Waals surface area (Å²) in [5.41, 5.74) is -0.860. The molecule has 3 rings (SSSR count). The number of likely N-dealkylation sites (N-methyl/N-ethyl adjacent to an activating group) is 1. The van der Waals surface area contributed by atoms with Crippen LogP contribution >= 0.6 is 0 Å². The Morgan fingerprint density at radius 2 is 1.90 bits per heavy atom. The largest absolute Gasteiger partial charge is 0.454 e. The molecule has 1 aromatic carbocycles. The Morgan fingerprint density at radius 1 is 1.30 bits per heavy atom. The normalized spacial score (nSPS) is 24.2. The predicted molar refractivity (Wildman–Crippen MR) is 64.0 cm³/mol. The van der Waals surface area contributed by atoms with Crippen molar-refractivity contribution in [2.75, 3.05) is 18.7 Å². The smallest absolute Gasteiger partial charge is 0.390 e. The van der Waals surface area contributed by atoms with E-state index in [4.69, 9.17) is 9.47 Å². The summed E-state index contributed by atoms with van der Waals surface area (Å²) in [5.74, 6) is 0.244. The minimum atomic E-state index is -4.43. The summed E-state index contributed by atoms with van der Waals surface area (Å²) in [4.78, 5) is 13.5. The molecule has 0 aliphatic carbocycles. The van der Waals surface area contributed by atoms with Gasteiger partial charge in [0.1, 0.15) is 0 Å². The Bertz CT molecular complexity index is 599. The summed E-state index contributed by atoms with van der Waals surface area (Å²) in [7, 11) is 1.46. The molecule has 1 unspecified atom stereocenters. The van der Waals surface area contributed by atoms with Crippen LogP contribution in [-0.4, -0.2) is 25.9 Å². The molecule has 1 aromatic rings. The second-order valence-corrected chi connectivity index (χ2v) is 5.21. The second-order valence-electron chi connectivity index (χ2n) is 5.21. The Balaban J connectivity index is 2.14. The summed E-state index contributed by atoms with van der Waals surface area (Å²) >= 11 is 0. The van der Waals surface area contributed by atoms with Crippen molar-refractivity contribution < 1.29 is 27.4 Å². The van der Waals surface area contributed by atoms with Gasteiger partial charge in [-0.15, -0.1) is 0 Å². The number of rotatable bonds is 1. The van der Waals surface area contributed by atoms with Crippen LogP contribution in [0.2, 0.25) is 0 Å². The van der Waals surface area contributed by atoms with Gasteiger partial charge in [0.25, 0.3) is 0 Å². The quantitative estimate of drug-likeness (QED) is 0.797. The highest BCUT2D eigenvalue weighted by Crippen LogP contribution is 2.51. The number of carbonyl (C=O) groups excluding carboxylic acids is 1. The maximum atomic E-state index is 12.8. The standard InChI is InChI=1S/C13H12F3NO3/c1-12(5-13(14,15)16)7-3-9-10(20-6-19-9)4-8(7)17(2)11(12)18/h3-4H,5-6H2,1-2H3. The van der Waals surface area contributed by atoms with Crippen molar-refractivity contribution in [3.63, 3.8) is 0 Å². The summed E-state index contributed by atoms with van der Waals surface area (Å²) in [5, 5.41) is 0. The maximum absolute atomic E-state index is 12.8. The molecule has 2 heterocycles. The number of alkyl halides is 3. The number of anilines is 1. The fourth-order valence-electron chi connectivity index (χ4n) is 2.82. The Morgan fingerprint density at radius 3 is 2.50 bits per heavy atom. The van der Waals surface area contributed by atoms with Crippen molar-refractivity contribution in [1.29, 1.82) is 0 Å². The number of benzene rings is 1. The van der Waals surface area contributed by atoms with Crippen molar-refractivity contribution in [1.82, 2.24) is 0 Å². The fraction of sp³-hybridized carbons (Fsp3) is 0.462. The molecular weight excluding hydrogens is 275 g/mol. The number of hydrogen-bond donors (Lipinski definition) is 0. The molecule has 0 fully saturated rings. The molecule has 2 aliphatic heterocycles. The highest BCUT2D eigenvalue weighted by Gasteiger charge is 2.52. The molecule has 0 saturated heterocycles. The number of amides is 1. The molecule has 1 amide bonds. The van der Waals surface area contributed by atoms with Crippen LogP contribution in [0.15, 0.2) is 12.1 Å². The average Bonchev–Trinajstić information content (AvgIpc) is 2.85. The fourth-order valence-corrected chi connectivity index (χ4v) is 2.82. The third-order valence-electron chi connectivity index (χ3n) is 3.78. The number of fused-ring (bicyclic) bond motifs is 2. The molecule has 0 bridgehead atoms. The first kappa shape index (κ1) is 13.1. The first-order chi connectivity index (χ1) is 9.22. The molecule has 0 radical (unpaired) electrons. The van der Waals surface area contributed by atoms with E-state index in [1.807, 2.05) is 0 Å². The van der Waals surface area contributed by atoms with Gasteiger partial charge in [0.2, 0.25) is 12.7 Å². The number of nitrogens with zero attached hydrogens (tertiary/aromatic N) is 1. The third-order valence-corrected chi connectivity index (χ3v) is 3.78. The summed E-state index contributed by atoms with van der Waals surface area (Å²) in [6, 6.07) is 3.03. The van der Waals surface area contributed by atoms with Crippen molar-refractivity contribution in [2.24, 2.45) is 0 Å². The molecule has 0 saturated carbocycles. The molecule has 0 spiro atoms. The molecule has 4 nitrogen and oxygen atoms in total. The van der Waals surface area contributed by atoms with E-state index in [0.717, 1.165) is 0 Å². The molecule has 20 heavy (non-hydrogen) atoms. The van der Waals surface area contributed by atoms with Crippen molar-refractivity contribution in [2.45, 2.75) is 24.9 Å². The van der Waals surface area contributed by atoms with E-state index >= 15 is 0 Å². The zero-order valence-electron chi connectivity index (χ0n) is 10.9. The van der Waals surface area contributed by atoms with Crippen LogP contribution in [0.4, 0.5) is 18.9 Å². The number of halogens is 3. The monoisotopic (exact) mass is 287 g/mol. The van der Waals surface area contributed by atoms with Gasteiger partial charge in [-0.25, -0.2) is 0 Å². The zero-order chi connectivity index (χ0) is 14.7. The van der Waals surface area contributed by atoms with Crippen LogP contribution in [0.5, 0.6) is 11.5 Å². The molecule has 2 aliphatic rings. The van der Waals surface area contributed by atoms with E-state index in [9.17, 15) is 18.0 Å². The lowest BCUT2D eigenvalue weighted by atomic mass is 9.80. The van der Waals surface area contributed by atoms with Crippen molar-refractivity contribution in [3.8, 4) is 11.5 Å². The van der Waals surface area contributed by atoms with Gasteiger partial charge < -0.3 is 14.4 Å². The number of hydrogen-bond acceptors (Lipinski definition) is 3. The van der Waals surface area contributed by atoms with Gasteiger partial charge in [0.15, 0.2) is 11.5 Å². The van der Waals surface area contributed by atoms with E-state index < -0.39 is 23.9 Å². The third kappa shape index (κ3) is 1.72. The van der Waals surface area contributed by atoms with E-state index in [0.29, 0.717) is 22.7 Å². The average molecular weight is 287 g/mol. The van der Waals surface area contributed by atoms with E-state index in [-0.39, 0.29) is 6.79 Å². The number of carbonyl (C=O) groups is 1. The SMILES string of the molecule is CN1C(=O)C(C)(CC(F)(F)F)c2cc3c(cc21)OCO3. The van der Waals surface area contributed by atoms with E-state index in [1.54, 1.807) is 6.07 Å². The Hall–Kier alpha value is -1.92. The lowest BCUT2D eigenvalue weighted by molar-refractivity contribution is -0.154. The first-order valence-electron chi connectivity index (χ1n) is 6.01. The summed E-state index contributed by atoms with van der Waals surface area (Å²) in [6.07, 6.45) is -5.63. The lowest BCUT2D eigenvalue weighted by Crippen LogP contribution is -2.39. The summed E-state index contributed by atoms with van der Waals surface area (Å²) in [6.45, 7) is 1.35. The molecule has 108 valence electrons. The molecule has 0 N–H and O–H groups in total. The van der Waals surface area contributed by atoms with Crippen LogP contribution in [0.25, 0.3) is 0 Å². The minimum Gasteiger partial charge on any atom is -0.454 e. The van der Waals surface area contributed by atoms with E-state index in [2.05, 4.69) is 0 Å². The lowest BCUT2D eigenvalue weighted by Gasteiger charge is -2.24. The Kier molecular flexibility index (Phi) is 2.49. The van der Waals surface area contributed by atoms with Crippen molar-refractivity contribution >= 4 is 11.6 Å². The van der Waals surface area contributed by atoms with Crippen LogP contribution in [-0.2, 0) is 10.2 Å². The van der Waals surface area contributed by atoms with Crippen LogP contribution in [0.3, 0.4) is 0 Å². The van der Waals surface area contributed by atoms with Gasteiger partial charge in [-0.2, -0.15) is 13.2 Å². The maximum Gasteiger partial charge on any atom is 0.390 e. The topological polar surface area (TPSA) is 38.8 Å². The van der Waals surface area contributed by atoms with Gasteiger partial charge in [-0.1, -0.05) is 0 Å². The molecule has 7 heteroatoms. The van der Waals surface area contributed by atoms with Crippen LogP contribution in [0.1, 0.15) is 18.9 Å². The van der Waals surface area contributed by atoms with Gasteiger partial charge >= 0.3 is 6.18 Å². The van der Waals surface area contributed by atoms with Gasteiger partial charge in [0, 0.05) is 13.1 Å². The molecule has 0 aromatic heterocycles. The molecular formula is C13H12F3NO3. The number of ether oxygens (including phenoxy) is 2. The first-order valence-corrected chi connectivity index (χ1v) is 6.01. The summed E-state index contributed by atoms with van der Waals surface area (Å²) < 4.78 is 48.8. The molecule has 1 atom stereocenters. The van der Waals surface area contributed by atoms with Crippen LogP contribution in [0, 0.1) is 0 Å². The van der Waals surface area contributed by atoms with Crippen LogP contribution < -0.4 is 14.4 Å². The highest BCUT2D eigenvalue weighted by atomic mass is 19.4. The second kappa shape index (κ2) is 3.80. The Labute approximate surface area is 113 Å². The van der Waals surface area contributed by atoms with Gasteiger partial charge in [-0.05, 0) is 18.6 Å². The predicted octanol–water partition coefficient (Wildman–Crippen LogP) is 2.60. The highest BCUT2D eigenvalue weighted by molar-refractivity contribution is 6.08. The van der Waals surface area contributed by atoms with Gasteiger partial charge in [0.05, 0.1) is 17.5 Å². The minimum absolute atomic E-state index is 0.0336. The zero-order valence-corrected chi connectivity index (χ0v) is 10.9. The van der Waals surface area contributed by atoms with Gasteiger partial charge in [-0.3, -0.25) is 4.79 Å². The van der Waals surface area contributed by atoms with Crippen molar-refractivity contribution in [3.05, 3.63) is 17.7 Å². The van der Waals surface area contributed by atoms with E-state index in [1.165, 1.54) is 24.9 Å².